The predicted molar refractivity (Wildman–Crippen MR) is 131 cm³/mol. The van der Waals surface area contributed by atoms with Crippen LogP contribution in [0.25, 0.3) is 0 Å². The van der Waals surface area contributed by atoms with Crippen LogP contribution in [0.15, 0.2) is 5.16 Å². The third-order valence-corrected chi connectivity index (χ3v) is 11.7. The van der Waals surface area contributed by atoms with Gasteiger partial charge in [0.25, 0.3) is 0 Å². The van der Waals surface area contributed by atoms with Crippen molar-refractivity contribution in [2.45, 2.75) is 119 Å². The molecule has 4 fully saturated rings. The Balaban J connectivity index is 1.51. The Hall–Kier alpha value is -0.530. The van der Waals surface area contributed by atoms with E-state index < -0.39 is 0 Å². The summed E-state index contributed by atoms with van der Waals surface area (Å²) in [5.74, 6) is 6.16. The molecule has 0 aromatic rings. The van der Waals surface area contributed by atoms with E-state index in [0.717, 1.165) is 47.6 Å². The van der Waals surface area contributed by atoms with Crippen molar-refractivity contribution in [3.8, 4) is 0 Å². The minimum atomic E-state index is 0.0522. The highest BCUT2D eigenvalue weighted by atomic mass is 16.4. The molecule has 0 radical (unpaired) electrons. The lowest BCUT2D eigenvalue weighted by molar-refractivity contribution is -0.126. The Morgan fingerprint density at radius 2 is 1.58 bits per heavy atom. The maximum Gasteiger partial charge on any atom is 0.0630 e. The van der Waals surface area contributed by atoms with Crippen LogP contribution in [-0.4, -0.2) is 10.9 Å². The standard InChI is InChI=1S/C29H51NO/c1-19(2)9-8-10-20(3)22-12-13-23-21-11-14-25-27(4,5)26(30-31)16-18-29(25,7)24(21)15-17-28(22,23)6/h19-25,31H,8-18H2,1-7H3/b30-26+/t20-,21+,22-,23+,24+,25+,28-,29-/m1/s1. The maximum atomic E-state index is 9.65. The average Bonchev–Trinajstić information content (AvgIpc) is 3.04. The lowest BCUT2D eigenvalue weighted by Gasteiger charge is -2.64. The number of oxime groups is 1. The first-order valence-electron chi connectivity index (χ1n) is 13.8. The Kier molecular flexibility index (Phi) is 6.37. The molecule has 4 saturated carbocycles. The third-order valence-electron chi connectivity index (χ3n) is 11.7. The number of nitrogens with zero attached hydrogens (tertiary/aromatic N) is 1. The van der Waals surface area contributed by atoms with E-state index >= 15 is 0 Å². The molecule has 0 aromatic heterocycles. The van der Waals surface area contributed by atoms with E-state index in [4.69, 9.17) is 0 Å². The van der Waals surface area contributed by atoms with Crippen LogP contribution >= 0.6 is 0 Å². The summed E-state index contributed by atoms with van der Waals surface area (Å²) < 4.78 is 0. The van der Waals surface area contributed by atoms with Gasteiger partial charge in [0.1, 0.15) is 0 Å². The zero-order valence-electron chi connectivity index (χ0n) is 21.7. The minimum Gasteiger partial charge on any atom is -0.411 e. The smallest absolute Gasteiger partial charge is 0.0630 e. The average molecular weight is 430 g/mol. The quantitative estimate of drug-likeness (QED) is 0.344. The van der Waals surface area contributed by atoms with Crippen LogP contribution in [0.3, 0.4) is 0 Å². The van der Waals surface area contributed by atoms with Crippen LogP contribution in [0.1, 0.15) is 119 Å². The summed E-state index contributed by atoms with van der Waals surface area (Å²) in [7, 11) is 0. The lowest BCUT2D eigenvalue weighted by Crippen LogP contribution is -2.58. The first-order valence-corrected chi connectivity index (χ1v) is 13.8. The van der Waals surface area contributed by atoms with E-state index in [0.29, 0.717) is 16.7 Å². The van der Waals surface area contributed by atoms with Gasteiger partial charge in [0.2, 0.25) is 0 Å². The summed E-state index contributed by atoms with van der Waals surface area (Å²) in [5.41, 5.74) is 2.13. The summed E-state index contributed by atoms with van der Waals surface area (Å²) in [6.07, 6.45) is 15.1. The Morgan fingerprint density at radius 3 is 2.26 bits per heavy atom. The molecule has 4 rings (SSSR count). The predicted octanol–water partition coefficient (Wildman–Crippen LogP) is 8.57. The topological polar surface area (TPSA) is 32.6 Å². The first kappa shape index (κ1) is 23.6. The van der Waals surface area contributed by atoms with Crippen molar-refractivity contribution in [1.29, 1.82) is 0 Å². The summed E-state index contributed by atoms with van der Waals surface area (Å²) in [6, 6.07) is 0. The molecule has 4 aliphatic rings. The van der Waals surface area contributed by atoms with Crippen LogP contribution in [0.4, 0.5) is 0 Å². The molecule has 0 heterocycles. The van der Waals surface area contributed by atoms with E-state index in [-0.39, 0.29) is 5.41 Å². The van der Waals surface area contributed by atoms with Gasteiger partial charge in [-0.05, 0) is 104 Å². The lowest BCUT2D eigenvalue weighted by atomic mass is 9.41. The van der Waals surface area contributed by atoms with Gasteiger partial charge in [-0.2, -0.15) is 0 Å². The summed E-state index contributed by atoms with van der Waals surface area (Å²) in [4.78, 5) is 0. The molecule has 0 saturated heterocycles. The molecular formula is C29H51NO. The van der Waals surface area contributed by atoms with E-state index in [2.05, 4.69) is 53.6 Å². The van der Waals surface area contributed by atoms with Crippen molar-refractivity contribution in [3.05, 3.63) is 0 Å². The van der Waals surface area contributed by atoms with E-state index in [9.17, 15) is 5.21 Å². The minimum absolute atomic E-state index is 0.0522. The first-order chi connectivity index (χ1) is 14.6. The van der Waals surface area contributed by atoms with Gasteiger partial charge in [-0.25, -0.2) is 0 Å². The van der Waals surface area contributed by atoms with Crippen molar-refractivity contribution in [2.75, 3.05) is 0 Å². The summed E-state index contributed by atoms with van der Waals surface area (Å²) >= 11 is 0. The zero-order valence-corrected chi connectivity index (χ0v) is 21.7. The monoisotopic (exact) mass is 429 g/mol. The molecule has 4 aliphatic carbocycles. The third kappa shape index (κ3) is 3.71. The van der Waals surface area contributed by atoms with Crippen molar-refractivity contribution in [2.24, 2.45) is 62.8 Å². The zero-order chi connectivity index (χ0) is 22.6. The molecule has 0 aliphatic heterocycles. The molecule has 8 atom stereocenters. The summed E-state index contributed by atoms with van der Waals surface area (Å²) in [6.45, 7) is 17.4. The van der Waals surface area contributed by atoms with Gasteiger partial charge in [-0.15, -0.1) is 0 Å². The van der Waals surface area contributed by atoms with Crippen LogP contribution in [0, 0.1) is 57.7 Å². The van der Waals surface area contributed by atoms with Crippen LogP contribution in [0.2, 0.25) is 0 Å². The van der Waals surface area contributed by atoms with Crippen molar-refractivity contribution < 1.29 is 5.21 Å². The molecule has 178 valence electrons. The van der Waals surface area contributed by atoms with E-state index in [1.807, 2.05) is 0 Å². The fraction of sp³-hybridized carbons (Fsp3) is 0.966. The second-order valence-corrected chi connectivity index (χ2v) is 13.8. The van der Waals surface area contributed by atoms with Gasteiger partial charge in [0, 0.05) is 5.41 Å². The number of fused-ring (bicyclic) bond motifs is 5. The SMILES string of the molecule is CC(C)CCC[C@@H](C)[C@H]1CC[C@H]2[C@@H]3CC[C@H]4C(C)(C)/C(=N/O)CC[C@]4(C)[C@H]3CC[C@]12C. The highest BCUT2D eigenvalue weighted by molar-refractivity contribution is 5.90. The van der Waals surface area contributed by atoms with Gasteiger partial charge in [0.15, 0.2) is 0 Å². The maximum absolute atomic E-state index is 9.65. The Bertz CT molecular complexity index is 680. The molecule has 0 amide bonds. The molecular weight excluding hydrogens is 378 g/mol. The fourth-order valence-corrected chi connectivity index (χ4v) is 10.1. The van der Waals surface area contributed by atoms with Crippen molar-refractivity contribution in [3.63, 3.8) is 0 Å². The summed E-state index contributed by atoms with van der Waals surface area (Å²) in [5, 5.41) is 13.4. The normalized spacial score (nSPS) is 46.5. The van der Waals surface area contributed by atoms with Crippen molar-refractivity contribution in [1.82, 2.24) is 0 Å². The van der Waals surface area contributed by atoms with Gasteiger partial charge < -0.3 is 5.21 Å². The number of hydrogen-bond acceptors (Lipinski definition) is 2. The molecule has 0 bridgehead atoms. The van der Waals surface area contributed by atoms with E-state index in [1.54, 1.807) is 0 Å². The van der Waals surface area contributed by atoms with Crippen LogP contribution in [0.5, 0.6) is 0 Å². The second-order valence-electron chi connectivity index (χ2n) is 13.8. The molecule has 2 heteroatoms. The van der Waals surface area contributed by atoms with Crippen molar-refractivity contribution >= 4 is 5.71 Å². The molecule has 0 unspecified atom stereocenters. The molecule has 0 aromatic carbocycles. The van der Waals surface area contributed by atoms with Gasteiger partial charge in [-0.3, -0.25) is 0 Å². The van der Waals surface area contributed by atoms with Gasteiger partial charge in [-0.1, -0.05) is 72.9 Å². The second kappa shape index (κ2) is 8.35. The number of hydrogen-bond donors (Lipinski definition) is 1. The van der Waals surface area contributed by atoms with Gasteiger partial charge >= 0.3 is 0 Å². The highest BCUT2D eigenvalue weighted by Gasteiger charge is 2.63. The molecule has 2 nitrogen and oxygen atoms in total. The van der Waals surface area contributed by atoms with Crippen LogP contribution in [-0.2, 0) is 0 Å². The number of rotatable bonds is 5. The molecule has 31 heavy (non-hydrogen) atoms. The van der Waals surface area contributed by atoms with E-state index in [1.165, 1.54) is 64.2 Å². The fourth-order valence-electron chi connectivity index (χ4n) is 10.1. The molecule has 0 spiro atoms. The highest BCUT2D eigenvalue weighted by Crippen LogP contribution is 2.70. The largest absolute Gasteiger partial charge is 0.411 e. The van der Waals surface area contributed by atoms with Crippen LogP contribution < -0.4 is 0 Å². The Morgan fingerprint density at radius 1 is 0.871 bits per heavy atom. The Labute approximate surface area is 193 Å². The van der Waals surface area contributed by atoms with Gasteiger partial charge in [0.05, 0.1) is 5.71 Å². The molecule has 1 N–H and O–H groups in total.